The van der Waals surface area contributed by atoms with Crippen LogP contribution in [0.15, 0.2) is 53.4 Å². The van der Waals surface area contributed by atoms with Crippen molar-refractivity contribution in [1.29, 1.82) is 0 Å². The van der Waals surface area contributed by atoms with E-state index in [-0.39, 0.29) is 29.8 Å². The summed E-state index contributed by atoms with van der Waals surface area (Å²) in [7, 11) is -3.73. The third-order valence-electron chi connectivity index (χ3n) is 6.03. The third kappa shape index (κ3) is 4.69. The Morgan fingerprint density at radius 1 is 1.06 bits per heavy atom. The van der Waals surface area contributed by atoms with Gasteiger partial charge in [-0.15, -0.1) is 0 Å². The van der Waals surface area contributed by atoms with Crippen LogP contribution in [0.3, 0.4) is 0 Å². The van der Waals surface area contributed by atoms with Gasteiger partial charge < -0.3 is 5.32 Å². The maximum atomic E-state index is 13.5. The Hall–Kier alpha value is -2.68. The van der Waals surface area contributed by atoms with Gasteiger partial charge in [0.15, 0.2) is 0 Å². The Kier molecular flexibility index (Phi) is 6.61. The molecule has 1 N–H and O–H groups in total. The number of amides is 1. The highest BCUT2D eigenvalue weighted by Crippen LogP contribution is 2.30. The number of halogens is 1. The van der Waals surface area contributed by atoms with Crippen LogP contribution in [0.25, 0.3) is 5.69 Å². The molecule has 33 heavy (non-hydrogen) atoms. The smallest absolute Gasteiger partial charge is 0.246 e. The predicted molar refractivity (Wildman–Crippen MR) is 129 cm³/mol. The molecule has 1 amide bonds. The molecule has 0 atom stereocenters. The number of hydrogen-bond acceptors (Lipinski definition) is 4. The first-order valence-electron chi connectivity index (χ1n) is 10.9. The zero-order chi connectivity index (χ0) is 23.8. The molecule has 0 unspecified atom stereocenters. The van der Waals surface area contributed by atoms with Crippen molar-refractivity contribution >= 4 is 33.2 Å². The first-order chi connectivity index (χ1) is 15.7. The molecule has 1 aliphatic rings. The minimum absolute atomic E-state index is 0.137. The number of benzene rings is 2. The largest absolute Gasteiger partial charge is 0.325 e. The van der Waals surface area contributed by atoms with Crippen LogP contribution >= 0.6 is 11.6 Å². The van der Waals surface area contributed by atoms with Gasteiger partial charge in [0.05, 0.1) is 27.8 Å². The third-order valence-corrected chi connectivity index (χ3v) is 8.50. The van der Waals surface area contributed by atoms with Gasteiger partial charge >= 0.3 is 0 Å². The van der Waals surface area contributed by atoms with Crippen LogP contribution < -0.4 is 5.32 Å². The highest BCUT2D eigenvalue weighted by Gasteiger charge is 2.35. The summed E-state index contributed by atoms with van der Waals surface area (Å²) in [5.74, 6) is -0.412. The van der Waals surface area contributed by atoms with Crippen molar-refractivity contribution in [2.75, 3.05) is 18.4 Å². The fraction of sp³-hybridized carbons (Fsp3) is 0.333. The van der Waals surface area contributed by atoms with Gasteiger partial charge in [-0.25, -0.2) is 13.1 Å². The second kappa shape index (κ2) is 9.29. The highest BCUT2D eigenvalue weighted by molar-refractivity contribution is 7.89. The van der Waals surface area contributed by atoms with Gasteiger partial charge in [0.1, 0.15) is 4.90 Å². The van der Waals surface area contributed by atoms with Gasteiger partial charge in [0.2, 0.25) is 15.9 Å². The van der Waals surface area contributed by atoms with E-state index >= 15 is 0 Å². The van der Waals surface area contributed by atoms with Gasteiger partial charge in [0.25, 0.3) is 0 Å². The number of para-hydroxylation sites is 1. The van der Waals surface area contributed by atoms with Crippen LogP contribution in [0.5, 0.6) is 0 Å². The lowest BCUT2D eigenvalue weighted by molar-refractivity contribution is -0.120. The Bertz CT molecular complexity index is 1280. The average molecular weight is 487 g/mol. The van der Waals surface area contributed by atoms with Crippen LogP contribution in [-0.4, -0.2) is 41.5 Å². The standard InChI is InChI=1S/C24H27ClN4O3S/c1-16-9-10-22(21(25)15-16)26-24(30)19-11-13-28(14-12-19)33(31,32)23-17(2)27-29(18(23)3)20-7-5-4-6-8-20/h4-10,15,19H,11-14H2,1-3H3,(H,26,30). The molecule has 1 aromatic heterocycles. The minimum atomic E-state index is -3.73. The normalized spacial score (nSPS) is 15.5. The topological polar surface area (TPSA) is 84.3 Å². The van der Waals surface area contributed by atoms with E-state index in [1.807, 2.05) is 43.3 Å². The van der Waals surface area contributed by atoms with Crippen molar-refractivity contribution in [1.82, 2.24) is 14.1 Å². The van der Waals surface area contributed by atoms with Crippen LogP contribution in [0.4, 0.5) is 5.69 Å². The lowest BCUT2D eigenvalue weighted by atomic mass is 9.97. The summed E-state index contributed by atoms with van der Waals surface area (Å²) in [6.07, 6.45) is 0.888. The summed E-state index contributed by atoms with van der Waals surface area (Å²) in [6, 6.07) is 14.9. The lowest BCUT2D eigenvalue weighted by Gasteiger charge is -2.30. The number of nitrogens with one attached hydrogen (secondary N) is 1. The summed E-state index contributed by atoms with van der Waals surface area (Å²) in [5.41, 5.74) is 3.43. The van der Waals surface area contributed by atoms with E-state index in [1.54, 1.807) is 30.7 Å². The van der Waals surface area contributed by atoms with E-state index in [0.717, 1.165) is 11.3 Å². The predicted octanol–water partition coefficient (Wildman–Crippen LogP) is 4.49. The molecule has 9 heteroatoms. The zero-order valence-corrected chi connectivity index (χ0v) is 20.4. The maximum Gasteiger partial charge on any atom is 0.246 e. The molecule has 2 heterocycles. The SMILES string of the molecule is Cc1ccc(NC(=O)C2CCN(S(=O)(=O)c3c(C)nn(-c4ccccc4)c3C)CC2)c(Cl)c1. The average Bonchev–Trinajstić information content (AvgIpc) is 3.10. The first kappa shape index (κ1) is 23.5. The van der Waals surface area contributed by atoms with Crippen LogP contribution in [0.1, 0.15) is 29.8 Å². The molecule has 0 bridgehead atoms. The van der Waals surface area contributed by atoms with Crippen LogP contribution in [-0.2, 0) is 14.8 Å². The van der Waals surface area contributed by atoms with Gasteiger partial charge in [-0.1, -0.05) is 35.9 Å². The summed E-state index contributed by atoms with van der Waals surface area (Å²) in [4.78, 5) is 13.0. The van der Waals surface area contributed by atoms with Gasteiger partial charge in [-0.2, -0.15) is 9.40 Å². The second-order valence-corrected chi connectivity index (χ2v) is 10.7. The lowest BCUT2D eigenvalue weighted by Crippen LogP contribution is -2.41. The first-order valence-corrected chi connectivity index (χ1v) is 12.7. The molecule has 0 radical (unpaired) electrons. The number of hydrogen-bond donors (Lipinski definition) is 1. The summed E-state index contributed by atoms with van der Waals surface area (Å²) >= 11 is 6.23. The van der Waals surface area contributed by atoms with E-state index in [1.165, 1.54) is 4.31 Å². The van der Waals surface area contributed by atoms with Crippen LogP contribution in [0.2, 0.25) is 5.02 Å². The van der Waals surface area contributed by atoms with Crippen molar-refractivity contribution in [3.63, 3.8) is 0 Å². The van der Waals surface area contributed by atoms with Crippen molar-refractivity contribution in [3.8, 4) is 5.69 Å². The van der Waals surface area contributed by atoms with Gasteiger partial charge in [-0.3, -0.25) is 4.79 Å². The molecule has 0 saturated carbocycles. The highest BCUT2D eigenvalue weighted by atomic mass is 35.5. The number of carbonyl (C=O) groups is 1. The Labute approximate surface area is 199 Å². The fourth-order valence-electron chi connectivity index (χ4n) is 4.27. The number of aryl methyl sites for hydroxylation is 2. The van der Waals surface area contributed by atoms with Crippen molar-refractivity contribution < 1.29 is 13.2 Å². The quantitative estimate of drug-likeness (QED) is 0.575. The van der Waals surface area contributed by atoms with E-state index < -0.39 is 10.0 Å². The van der Waals surface area contributed by atoms with Crippen molar-refractivity contribution in [3.05, 3.63) is 70.5 Å². The Balaban J connectivity index is 1.47. The molecule has 174 valence electrons. The Morgan fingerprint density at radius 2 is 1.73 bits per heavy atom. The number of piperidine rings is 1. The molecular weight excluding hydrogens is 460 g/mol. The monoisotopic (exact) mass is 486 g/mol. The van der Waals surface area contributed by atoms with Crippen molar-refractivity contribution in [2.45, 2.75) is 38.5 Å². The number of rotatable bonds is 5. The maximum absolute atomic E-state index is 13.5. The van der Waals surface area contributed by atoms with Crippen molar-refractivity contribution in [2.24, 2.45) is 5.92 Å². The summed E-state index contributed by atoms with van der Waals surface area (Å²) in [6.45, 7) is 5.96. The summed E-state index contributed by atoms with van der Waals surface area (Å²) in [5, 5.41) is 7.85. The van der Waals surface area contributed by atoms with E-state index in [4.69, 9.17) is 11.6 Å². The number of nitrogens with zero attached hydrogens (tertiary/aromatic N) is 3. The molecule has 0 aliphatic carbocycles. The number of carbonyl (C=O) groups excluding carboxylic acids is 1. The van der Waals surface area contributed by atoms with E-state index in [2.05, 4.69) is 10.4 Å². The minimum Gasteiger partial charge on any atom is -0.325 e. The van der Waals surface area contributed by atoms with E-state index in [0.29, 0.717) is 34.9 Å². The van der Waals surface area contributed by atoms with Gasteiger partial charge in [-0.05, 0) is 63.4 Å². The molecule has 1 fully saturated rings. The molecule has 1 aliphatic heterocycles. The molecule has 3 aromatic rings. The zero-order valence-electron chi connectivity index (χ0n) is 18.9. The molecule has 0 spiro atoms. The fourth-order valence-corrected chi connectivity index (χ4v) is 6.37. The molecule has 4 rings (SSSR count). The number of sulfonamides is 1. The molecular formula is C24H27ClN4O3S. The number of aromatic nitrogens is 2. The molecule has 1 saturated heterocycles. The van der Waals surface area contributed by atoms with E-state index in [9.17, 15) is 13.2 Å². The molecule has 7 nitrogen and oxygen atoms in total. The number of anilines is 1. The molecule has 2 aromatic carbocycles. The van der Waals surface area contributed by atoms with Gasteiger partial charge in [0, 0.05) is 19.0 Å². The van der Waals surface area contributed by atoms with Crippen LogP contribution in [0, 0.1) is 26.7 Å². The Morgan fingerprint density at radius 3 is 2.36 bits per heavy atom. The summed E-state index contributed by atoms with van der Waals surface area (Å²) < 4.78 is 30.1. The second-order valence-electron chi connectivity index (χ2n) is 8.40.